The second kappa shape index (κ2) is 8.05. The molecule has 12 heteroatoms. The number of anilines is 4. The van der Waals surface area contributed by atoms with Gasteiger partial charge < -0.3 is 22.5 Å². The minimum absolute atomic E-state index is 0.0210. The number of nitrogens with one attached hydrogen (secondary N) is 1. The lowest BCUT2D eigenvalue weighted by molar-refractivity contribution is 0.609. The van der Waals surface area contributed by atoms with Gasteiger partial charge in [-0.3, -0.25) is 9.36 Å². The fraction of sp³-hybridized carbons (Fsp3) is 0.190. The van der Waals surface area contributed by atoms with Gasteiger partial charge in [-0.15, -0.1) is 0 Å². The number of benzene rings is 1. The van der Waals surface area contributed by atoms with E-state index in [-0.39, 0.29) is 34.1 Å². The molecular formula is C21H19Cl2N9O. The Kier molecular flexibility index (Phi) is 5.18. The predicted molar refractivity (Wildman–Crippen MR) is 130 cm³/mol. The topological polar surface area (TPSA) is 164 Å². The number of hydrogen-bond donors (Lipinski definition) is 4. The third-order valence-electron chi connectivity index (χ3n) is 5.46. The molecule has 5 rings (SSSR count). The van der Waals surface area contributed by atoms with Gasteiger partial charge in [0.25, 0.3) is 5.56 Å². The average Bonchev–Trinajstić information content (AvgIpc) is 3.61. The maximum atomic E-state index is 13.7. The SMILES string of the molecule is Nc1ccc(-n2c([C@@H](Nc3nc(N)nc(N)c3Cl)C3CC3)nc3cccc(Cl)c3c2=O)cn1. The van der Waals surface area contributed by atoms with Gasteiger partial charge in [0.2, 0.25) is 5.95 Å². The second-order valence-corrected chi connectivity index (χ2v) is 8.56. The lowest BCUT2D eigenvalue weighted by atomic mass is 10.1. The van der Waals surface area contributed by atoms with E-state index in [9.17, 15) is 4.79 Å². The molecule has 0 aliphatic heterocycles. The minimum Gasteiger partial charge on any atom is -0.384 e. The molecule has 1 aromatic carbocycles. The largest absolute Gasteiger partial charge is 0.384 e. The number of fused-ring (bicyclic) bond motifs is 1. The molecule has 0 spiro atoms. The molecule has 10 nitrogen and oxygen atoms in total. The zero-order chi connectivity index (χ0) is 23.3. The van der Waals surface area contributed by atoms with E-state index < -0.39 is 6.04 Å². The van der Waals surface area contributed by atoms with Gasteiger partial charge in [0, 0.05) is 0 Å². The van der Waals surface area contributed by atoms with Crippen molar-refractivity contribution in [1.29, 1.82) is 0 Å². The fourth-order valence-corrected chi connectivity index (χ4v) is 4.13. The molecule has 0 saturated heterocycles. The van der Waals surface area contributed by atoms with Crippen LogP contribution < -0.4 is 28.1 Å². The van der Waals surface area contributed by atoms with Crippen LogP contribution in [0, 0.1) is 5.92 Å². The van der Waals surface area contributed by atoms with E-state index in [4.69, 9.17) is 45.4 Å². The van der Waals surface area contributed by atoms with Crippen molar-refractivity contribution in [1.82, 2.24) is 24.5 Å². The summed E-state index contributed by atoms with van der Waals surface area (Å²) in [4.78, 5) is 30.7. The number of nitrogens with two attached hydrogens (primary N) is 3. The number of nitrogens with zero attached hydrogens (tertiary/aromatic N) is 5. The molecule has 0 amide bonds. The summed E-state index contributed by atoms with van der Waals surface area (Å²) < 4.78 is 1.48. The van der Waals surface area contributed by atoms with Crippen molar-refractivity contribution >= 4 is 57.5 Å². The average molecular weight is 484 g/mol. The van der Waals surface area contributed by atoms with Crippen LogP contribution in [-0.4, -0.2) is 24.5 Å². The zero-order valence-electron chi connectivity index (χ0n) is 17.2. The highest BCUT2D eigenvalue weighted by Gasteiger charge is 2.37. The van der Waals surface area contributed by atoms with Gasteiger partial charge in [-0.1, -0.05) is 29.3 Å². The smallest absolute Gasteiger partial charge is 0.267 e. The predicted octanol–water partition coefficient (Wildman–Crippen LogP) is 3.19. The minimum atomic E-state index is -0.426. The third kappa shape index (κ3) is 3.87. The Bertz CT molecular complexity index is 1430. The molecule has 1 atom stereocenters. The Balaban J connectivity index is 1.75. The molecule has 3 heterocycles. The van der Waals surface area contributed by atoms with E-state index >= 15 is 0 Å². The van der Waals surface area contributed by atoms with Crippen LogP contribution in [0.2, 0.25) is 10.0 Å². The maximum absolute atomic E-state index is 13.7. The van der Waals surface area contributed by atoms with Crippen molar-refractivity contribution in [3.05, 3.63) is 62.8 Å². The van der Waals surface area contributed by atoms with Crippen LogP contribution >= 0.6 is 23.2 Å². The quantitative estimate of drug-likeness (QED) is 0.333. The molecule has 1 aliphatic carbocycles. The highest BCUT2D eigenvalue weighted by atomic mass is 35.5. The molecule has 7 N–H and O–H groups in total. The summed E-state index contributed by atoms with van der Waals surface area (Å²) in [6.07, 6.45) is 3.37. The fourth-order valence-electron chi connectivity index (χ4n) is 3.74. The Morgan fingerprint density at radius 1 is 1.06 bits per heavy atom. The van der Waals surface area contributed by atoms with Crippen molar-refractivity contribution < 1.29 is 0 Å². The van der Waals surface area contributed by atoms with Crippen molar-refractivity contribution in [3.63, 3.8) is 0 Å². The number of hydrogen-bond acceptors (Lipinski definition) is 9. The number of rotatable bonds is 5. The summed E-state index contributed by atoms with van der Waals surface area (Å²) in [5, 5.41) is 4.05. The molecular weight excluding hydrogens is 465 g/mol. The van der Waals surface area contributed by atoms with E-state index in [2.05, 4.69) is 20.3 Å². The van der Waals surface area contributed by atoms with Crippen molar-refractivity contribution in [2.45, 2.75) is 18.9 Å². The summed E-state index contributed by atoms with van der Waals surface area (Å²) >= 11 is 12.7. The standard InChI is InChI=1S/C21H19Cl2N9O/c22-11-2-1-3-12-14(11)20(33)32(10-6-7-13(24)27-8-10)19(28-12)16(9-4-5-9)29-18-15(23)17(25)30-21(26)31-18/h1-3,6-9,16H,4-5H2,(H2,24,27)(H5,25,26,29,30,31)/t16-/m0/s1. The van der Waals surface area contributed by atoms with Crippen LogP contribution in [0.5, 0.6) is 0 Å². The van der Waals surface area contributed by atoms with Gasteiger partial charge in [-0.25, -0.2) is 9.97 Å². The van der Waals surface area contributed by atoms with Crippen LogP contribution in [0.1, 0.15) is 24.7 Å². The summed E-state index contributed by atoms with van der Waals surface area (Å²) in [5.41, 5.74) is 18.1. The van der Waals surface area contributed by atoms with Crippen molar-refractivity contribution in [2.24, 2.45) is 5.92 Å². The molecule has 1 saturated carbocycles. The van der Waals surface area contributed by atoms with E-state index in [1.165, 1.54) is 10.8 Å². The number of pyridine rings is 1. The van der Waals surface area contributed by atoms with E-state index in [0.717, 1.165) is 12.8 Å². The van der Waals surface area contributed by atoms with Crippen LogP contribution in [0.4, 0.5) is 23.4 Å². The first-order chi connectivity index (χ1) is 15.8. The van der Waals surface area contributed by atoms with Crippen molar-refractivity contribution in [3.8, 4) is 5.69 Å². The van der Waals surface area contributed by atoms with Gasteiger partial charge in [-0.05, 0) is 43.0 Å². The summed E-state index contributed by atoms with van der Waals surface area (Å²) in [7, 11) is 0. The summed E-state index contributed by atoms with van der Waals surface area (Å²) in [6, 6.07) is 8.04. The normalized spacial score (nSPS) is 14.4. The number of halogens is 2. The molecule has 168 valence electrons. The number of nitrogen functional groups attached to an aromatic ring is 3. The van der Waals surface area contributed by atoms with Crippen LogP contribution in [0.3, 0.4) is 0 Å². The lowest BCUT2D eigenvalue weighted by Crippen LogP contribution is -2.29. The summed E-state index contributed by atoms with van der Waals surface area (Å²) in [5.74, 6) is 1.26. The van der Waals surface area contributed by atoms with Gasteiger partial charge in [0.1, 0.15) is 22.5 Å². The maximum Gasteiger partial charge on any atom is 0.267 e. The van der Waals surface area contributed by atoms with Crippen LogP contribution in [0.15, 0.2) is 41.3 Å². The molecule has 1 aliphatic rings. The van der Waals surface area contributed by atoms with Crippen molar-refractivity contribution in [2.75, 3.05) is 22.5 Å². The second-order valence-electron chi connectivity index (χ2n) is 7.77. The summed E-state index contributed by atoms with van der Waals surface area (Å²) in [6.45, 7) is 0. The highest BCUT2D eigenvalue weighted by Crippen LogP contribution is 2.44. The Morgan fingerprint density at radius 2 is 1.85 bits per heavy atom. The molecule has 0 bridgehead atoms. The Hall–Kier alpha value is -3.63. The Morgan fingerprint density at radius 3 is 2.55 bits per heavy atom. The molecule has 0 radical (unpaired) electrons. The van der Waals surface area contributed by atoms with E-state index in [1.54, 1.807) is 30.3 Å². The first kappa shape index (κ1) is 21.2. The van der Waals surface area contributed by atoms with Crippen LogP contribution in [-0.2, 0) is 0 Å². The first-order valence-electron chi connectivity index (χ1n) is 10.1. The molecule has 1 fully saturated rings. The molecule has 4 aromatic rings. The number of aromatic nitrogens is 5. The van der Waals surface area contributed by atoms with Gasteiger partial charge in [0.05, 0.1) is 33.9 Å². The lowest BCUT2D eigenvalue weighted by Gasteiger charge is -2.23. The molecule has 0 unspecified atom stereocenters. The van der Waals surface area contributed by atoms with Gasteiger partial charge >= 0.3 is 0 Å². The molecule has 3 aromatic heterocycles. The zero-order valence-corrected chi connectivity index (χ0v) is 18.7. The monoisotopic (exact) mass is 483 g/mol. The van der Waals surface area contributed by atoms with Gasteiger partial charge in [-0.2, -0.15) is 9.97 Å². The van der Waals surface area contributed by atoms with Gasteiger partial charge in [0.15, 0.2) is 5.82 Å². The van der Waals surface area contributed by atoms with Crippen LogP contribution in [0.25, 0.3) is 16.6 Å². The van der Waals surface area contributed by atoms with E-state index in [0.29, 0.717) is 33.3 Å². The Labute approximate surface area is 197 Å². The molecule has 33 heavy (non-hydrogen) atoms. The third-order valence-corrected chi connectivity index (χ3v) is 6.15. The first-order valence-corrected chi connectivity index (χ1v) is 10.9. The highest BCUT2D eigenvalue weighted by molar-refractivity contribution is 6.35. The van der Waals surface area contributed by atoms with E-state index in [1.807, 2.05) is 0 Å².